The van der Waals surface area contributed by atoms with E-state index in [0.29, 0.717) is 13.0 Å². The Balaban J connectivity index is 2.05. The predicted molar refractivity (Wildman–Crippen MR) is 73.8 cm³/mol. The molecule has 1 fully saturated rings. The summed E-state index contributed by atoms with van der Waals surface area (Å²) in [7, 11) is 0. The number of rotatable bonds is 6. The van der Waals surface area contributed by atoms with Crippen molar-refractivity contribution in [1.29, 1.82) is 0 Å². The summed E-state index contributed by atoms with van der Waals surface area (Å²) in [6.07, 6.45) is 2.59. The fourth-order valence-corrected chi connectivity index (χ4v) is 2.30. The maximum absolute atomic E-state index is 12.0. The molecule has 1 aromatic carbocycles. The van der Waals surface area contributed by atoms with Gasteiger partial charge in [-0.15, -0.1) is 0 Å². The number of aliphatic hydroxyl groups is 1. The number of aliphatic hydroxyl groups excluding tert-OH is 1. The lowest BCUT2D eigenvalue weighted by atomic mass is 10.0. The molecule has 1 saturated carbocycles. The topological polar surface area (TPSA) is 92.5 Å². The van der Waals surface area contributed by atoms with Crippen molar-refractivity contribution in [3.8, 4) is 0 Å². The Kier molecular flexibility index (Phi) is 4.25. The van der Waals surface area contributed by atoms with E-state index in [4.69, 9.17) is 16.7 Å². The smallest absolute Gasteiger partial charge is 0.270 e. The van der Waals surface area contributed by atoms with Gasteiger partial charge in [-0.25, -0.2) is 0 Å². The molecule has 108 valence electrons. The maximum atomic E-state index is 12.0. The highest BCUT2D eigenvalue weighted by atomic mass is 35.5. The number of nitro groups is 1. The van der Waals surface area contributed by atoms with Gasteiger partial charge in [-0.2, -0.15) is 0 Å². The Morgan fingerprint density at radius 3 is 2.75 bits per heavy atom. The van der Waals surface area contributed by atoms with Gasteiger partial charge >= 0.3 is 0 Å². The minimum atomic E-state index is -0.568. The van der Waals surface area contributed by atoms with E-state index in [1.807, 2.05) is 0 Å². The van der Waals surface area contributed by atoms with Gasteiger partial charge in [-0.05, 0) is 30.7 Å². The second-order valence-electron chi connectivity index (χ2n) is 5.08. The first-order valence-corrected chi connectivity index (χ1v) is 6.68. The molecule has 0 atom stereocenters. The lowest BCUT2D eigenvalue weighted by Crippen LogP contribution is -2.30. The number of benzene rings is 1. The molecule has 0 radical (unpaired) electrons. The van der Waals surface area contributed by atoms with Crippen molar-refractivity contribution < 1.29 is 14.8 Å². The minimum Gasteiger partial charge on any atom is -0.396 e. The predicted octanol–water partition coefficient (Wildman–Crippen LogP) is 2.14. The first-order chi connectivity index (χ1) is 9.47. The number of carbonyl (C=O) groups excluding carboxylic acids is 1. The molecule has 0 unspecified atom stereocenters. The molecule has 7 heteroatoms. The average Bonchev–Trinajstić information content (AvgIpc) is 3.17. The standard InChI is InChI=1S/C13H15ClN2O4/c14-11-2-1-9(16(19)20)7-10(11)12(18)15-8-13(3-4-13)5-6-17/h1-2,7,17H,3-6,8H2,(H,15,18). The van der Waals surface area contributed by atoms with Gasteiger partial charge in [-0.1, -0.05) is 11.6 Å². The van der Waals surface area contributed by atoms with Crippen LogP contribution in [0.1, 0.15) is 29.6 Å². The van der Waals surface area contributed by atoms with E-state index in [2.05, 4.69) is 5.32 Å². The summed E-state index contributed by atoms with van der Waals surface area (Å²) in [5.74, 6) is -0.428. The van der Waals surface area contributed by atoms with Gasteiger partial charge < -0.3 is 10.4 Å². The van der Waals surface area contributed by atoms with Crippen LogP contribution in [-0.4, -0.2) is 29.1 Å². The zero-order chi connectivity index (χ0) is 14.8. The Bertz CT molecular complexity index is 543. The molecular weight excluding hydrogens is 284 g/mol. The summed E-state index contributed by atoms with van der Waals surface area (Å²) >= 11 is 5.90. The minimum absolute atomic E-state index is 0.0163. The molecule has 2 rings (SSSR count). The fourth-order valence-electron chi connectivity index (χ4n) is 2.09. The van der Waals surface area contributed by atoms with Crippen molar-refractivity contribution in [2.75, 3.05) is 13.2 Å². The van der Waals surface area contributed by atoms with Crippen LogP contribution < -0.4 is 5.32 Å². The summed E-state index contributed by atoms with van der Waals surface area (Å²) in [5, 5.41) is 22.6. The van der Waals surface area contributed by atoms with Crippen LogP contribution in [0.25, 0.3) is 0 Å². The number of hydrogen-bond donors (Lipinski definition) is 2. The lowest BCUT2D eigenvalue weighted by molar-refractivity contribution is -0.384. The van der Waals surface area contributed by atoms with Crippen LogP contribution in [0.5, 0.6) is 0 Å². The van der Waals surface area contributed by atoms with Crippen molar-refractivity contribution in [3.05, 3.63) is 38.9 Å². The van der Waals surface area contributed by atoms with Crippen molar-refractivity contribution in [1.82, 2.24) is 5.32 Å². The number of nitrogens with one attached hydrogen (secondary N) is 1. The molecule has 1 aromatic rings. The Hall–Kier alpha value is -1.66. The van der Waals surface area contributed by atoms with Crippen molar-refractivity contribution in [2.45, 2.75) is 19.3 Å². The normalized spacial score (nSPS) is 15.7. The number of non-ortho nitro benzene ring substituents is 1. The molecular formula is C13H15ClN2O4. The molecule has 2 N–H and O–H groups in total. The number of nitrogens with zero attached hydrogens (tertiary/aromatic N) is 1. The molecule has 0 spiro atoms. The van der Waals surface area contributed by atoms with Gasteiger partial charge in [0.1, 0.15) is 0 Å². The quantitative estimate of drug-likeness (QED) is 0.621. The average molecular weight is 299 g/mol. The third-order valence-corrected chi connectivity index (χ3v) is 3.96. The van der Waals surface area contributed by atoms with Crippen LogP contribution in [0.3, 0.4) is 0 Å². The van der Waals surface area contributed by atoms with E-state index in [-0.39, 0.29) is 28.3 Å². The highest BCUT2D eigenvalue weighted by Crippen LogP contribution is 2.47. The number of carbonyl (C=O) groups is 1. The number of halogens is 1. The van der Waals surface area contributed by atoms with Crippen molar-refractivity contribution in [2.24, 2.45) is 5.41 Å². The Morgan fingerprint density at radius 1 is 1.50 bits per heavy atom. The van der Waals surface area contributed by atoms with Crippen LogP contribution in [-0.2, 0) is 0 Å². The molecule has 1 amide bonds. The van der Waals surface area contributed by atoms with Crippen LogP contribution >= 0.6 is 11.6 Å². The van der Waals surface area contributed by atoms with Gasteiger partial charge in [0.2, 0.25) is 0 Å². The Morgan fingerprint density at radius 2 is 2.20 bits per heavy atom. The summed E-state index contributed by atoms with van der Waals surface area (Å²) in [4.78, 5) is 22.2. The van der Waals surface area contributed by atoms with E-state index in [0.717, 1.165) is 12.8 Å². The first kappa shape index (κ1) is 14.7. The molecule has 6 nitrogen and oxygen atoms in total. The zero-order valence-electron chi connectivity index (χ0n) is 10.8. The largest absolute Gasteiger partial charge is 0.396 e. The highest BCUT2D eigenvalue weighted by Gasteiger charge is 2.42. The van der Waals surface area contributed by atoms with E-state index < -0.39 is 10.8 Å². The van der Waals surface area contributed by atoms with Crippen molar-refractivity contribution in [3.63, 3.8) is 0 Å². The second kappa shape index (κ2) is 5.76. The van der Waals surface area contributed by atoms with E-state index in [9.17, 15) is 14.9 Å². The zero-order valence-corrected chi connectivity index (χ0v) is 11.5. The fraction of sp³-hybridized carbons (Fsp3) is 0.462. The maximum Gasteiger partial charge on any atom is 0.270 e. The van der Waals surface area contributed by atoms with Crippen molar-refractivity contribution >= 4 is 23.2 Å². The van der Waals surface area contributed by atoms with Crippen LogP contribution in [0.4, 0.5) is 5.69 Å². The number of amides is 1. The molecule has 0 saturated heterocycles. The first-order valence-electron chi connectivity index (χ1n) is 6.30. The summed E-state index contributed by atoms with van der Waals surface area (Å²) in [6.45, 7) is 0.541. The van der Waals surface area contributed by atoms with Crippen LogP contribution in [0.2, 0.25) is 5.02 Å². The number of nitro benzene ring substituents is 1. The monoisotopic (exact) mass is 298 g/mol. The second-order valence-corrected chi connectivity index (χ2v) is 5.48. The highest BCUT2D eigenvalue weighted by molar-refractivity contribution is 6.33. The van der Waals surface area contributed by atoms with Gasteiger partial charge in [0.25, 0.3) is 11.6 Å². The molecule has 0 bridgehead atoms. The molecule has 20 heavy (non-hydrogen) atoms. The number of hydrogen-bond acceptors (Lipinski definition) is 4. The SMILES string of the molecule is O=C(NCC1(CCO)CC1)c1cc([N+](=O)[O-])ccc1Cl. The van der Waals surface area contributed by atoms with Gasteiger partial charge in [-0.3, -0.25) is 14.9 Å². The summed E-state index contributed by atoms with van der Waals surface area (Å²) < 4.78 is 0. The van der Waals surface area contributed by atoms with Gasteiger partial charge in [0, 0.05) is 25.3 Å². The molecule has 0 heterocycles. The molecule has 1 aliphatic carbocycles. The third kappa shape index (κ3) is 3.26. The van der Waals surface area contributed by atoms with E-state index in [1.54, 1.807) is 0 Å². The van der Waals surface area contributed by atoms with E-state index >= 15 is 0 Å². The lowest BCUT2D eigenvalue weighted by Gasteiger charge is -2.14. The molecule has 0 aromatic heterocycles. The third-order valence-electron chi connectivity index (χ3n) is 3.63. The van der Waals surface area contributed by atoms with Crippen LogP contribution in [0, 0.1) is 15.5 Å². The Labute approximate surface area is 120 Å². The van der Waals surface area contributed by atoms with Crippen LogP contribution in [0.15, 0.2) is 18.2 Å². The molecule has 0 aliphatic heterocycles. The summed E-state index contributed by atoms with van der Waals surface area (Å²) in [6, 6.07) is 3.77. The summed E-state index contributed by atoms with van der Waals surface area (Å²) in [5.41, 5.74) is -0.0888. The van der Waals surface area contributed by atoms with Gasteiger partial charge in [0.05, 0.1) is 15.5 Å². The van der Waals surface area contributed by atoms with Gasteiger partial charge in [0.15, 0.2) is 0 Å². The molecule has 1 aliphatic rings. The van der Waals surface area contributed by atoms with E-state index in [1.165, 1.54) is 18.2 Å².